The van der Waals surface area contributed by atoms with Crippen molar-refractivity contribution in [2.45, 2.75) is 31.9 Å². The first kappa shape index (κ1) is 17.2. The number of carbonyl (C=O) groups is 1. The summed E-state index contributed by atoms with van der Waals surface area (Å²) in [6, 6.07) is 10.3. The molecule has 0 spiro atoms. The standard InChI is InChI=1S/C20H25N3O3/c24-20(16-6-9-25-10-7-16)21-12-18-19-17(8-11-26-18)14-23(22-19)13-15-4-2-1-3-5-15/h1-5,14,16,18H,6-13H2,(H,21,24)/t18-/m0/s1. The molecule has 1 aromatic heterocycles. The molecule has 1 aromatic carbocycles. The van der Waals surface area contributed by atoms with Gasteiger partial charge in [-0.15, -0.1) is 0 Å². The number of benzene rings is 1. The van der Waals surface area contributed by atoms with Crippen molar-refractivity contribution in [3.05, 3.63) is 53.3 Å². The lowest BCUT2D eigenvalue weighted by molar-refractivity contribution is -0.128. The summed E-state index contributed by atoms with van der Waals surface area (Å²) in [5.74, 6) is 0.162. The van der Waals surface area contributed by atoms with Crippen LogP contribution in [0.3, 0.4) is 0 Å². The van der Waals surface area contributed by atoms with E-state index in [9.17, 15) is 4.79 Å². The van der Waals surface area contributed by atoms with Crippen molar-refractivity contribution in [2.24, 2.45) is 5.92 Å². The molecule has 3 heterocycles. The Bertz CT molecular complexity index is 738. The summed E-state index contributed by atoms with van der Waals surface area (Å²) < 4.78 is 13.2. The third-order valence-electron chi connectivity index (χ3n) is 5.11. The Labute approximate surface area is 153 Å². The van der Waals surface area contributed by atoms with E-state index in [0.717, 1.165) is 31.5 Å². The first-order valence-electron chi connectivity index (χ1n) is 9.37. The predicted molar refractivity (Wildman–Crippen MR) is 96.7 cm³/mol. The van der Waals surface area contributed by atoms with E-state index in [4.69, 9.17) is 14.6 Å². The normalized spacial score (nSPS) is 20.5. The molecule has 138 valence electrons. The van der Waals surface area contributed by atoms with E-state index in [-0.39, 0.29) is 17.9 Å². The number of rotatable bonds is 5. The zero-order valence-corrected chi connectivity index (χ0v) is 14.9. The van der Waals surface area contributed by atoms with Crippen LogP contribution in [0.1, 0.15) is 35.8 Å². The van der Waals surface area contributed by atoms with Crippen molar-refractivity contribution in [2.75, 3.05) is 26.4 Å². The topological polar surface area (TPSA) is 65.4 Å². The minimum atomic E-state index is -0.167. The average Bonchev–Trinajstić information content (AvgIpc) is 3.10. The molecular formula is C20H25N3O3. The third kappa shape index (κ3) is 3.97. The maximum absolute atomic E-state index is 12.4. The number of carbonyl (C=O) groups excluding carboxylic acids is 1. The summed E-state index contributed by atoms with van der Waals surface area (Å²) in [4.78, 5) is 12.4. The number of nitrogens with zero attached hydrogens (tertiary/aromatic N) is 2. The minimum absolute atomic E-state index is 0.0578. The summed E-state index contributed by atoms with van der Waals surface area (Å²) in [6.45, 7) is 3.24. The van der Waals surface area contributed by atoms with Crippen molar-refractivity contribution >= 4 is 5.91 Å². The van der Waals surface area contributed by atoms with E-state index >= 15 is 0 Å². The van der Waals surface area contributed by atoms with Gasteiger partial charge in [-0.25, -0.2) is 0 Å². The zero-order chi connectivity index (χ0) is 17.8. The van der Waals surface area contributed by atoms with Gasteiger partial charge < -0.3 is 14.8 Å². The quantitative estimate of drug-likeness (QED) is 0.892. The first-order chi connectivity index (χ1) is 12.8. The van der Waals surface area contributed by atoms with E-state index in [1.807, 2.05) is 22.9 Å². The Hall–Kier alpha value is -2.18. The van der Waals surface area contributed by atoms with Crippen LogP contribution in [0, 0.1) is 5.92 Å². The van der Waals surface area contributed by atoms with Crippen molar-refractivity contribution in [1.82, 2.24) is 15.1 Å². The second kappa shape index (κ2) is 8.01. The molecule has 1 atom stereocenters. The molecule has 0 aliphatic carbocycles. The van der Waals surface area contributed by atoms with Gasteiger partial charge >= 0.3 is 0 Å². The van der Waals surface area contributed by atoms with Crippen LogP contribution in [-0.4, -0.2) is 42.1 Å². The highest BCUT2D eigenvalue weighted by molar-refractivity contribution is 5.78. The van der Waals surface area contributed by atoms with E-state index < -0.39 is 0 Å². The van der Waals surface area contributed by atoms with Gasteiger partial charge in [-0.1, -0.05) is 30.3 Å². The van der Waals surface area contributed by atoms with Gasteiger partial charge in [-0.05, 0) is 30.4 Å². The van der Waals surface area contributed by atoms with Crippen LogP contribution in [0.4, 0.5) is 0 Å². The SMILES string of the molecule is O=C(NC[C@@H]1OCCc2cn(Cc3ccccc3)nc21)C1CCOCC1. The second-order valence-electron chi connectivity index (χ2n) is 6.96. The Morgan fingerprint density at radius 3 is 2.81 bits per heavy atom. The number of aromatic nitrogens is 2. The molecule has 1 saturated heterocycles. The Kier molecular flexibility index (Phi) is 5.32. The van der Waals surface area contributed by atoms with Crippen molar-refractivity contribution < 1.29 is 14.3 Å². The highest BCUT2D eigenvalue weighted by atomic mass is 16.5. The first-order valence-corrected chi connectivity index (χ1v) is 9.37. The minimum Gasteiger partial charge on any atom is -0.381 e. The molecule has 26 heavy (non-hydrogen) atoms. The molecule has 0 radical (unpaired) electrons. The summed E-state index contributed by atoms with van der Waals surface area (Å²) in [7, 11) is 0. The number of fused-ring (bicyclic) bond motifs is 1. The van der Waals surface area contributed by atoms with E-state index in [2.05, 4.69) is 23.6 Å². The van der Waals surface area contributed by atoms with Crippen LogP contribution in [0.5, 0.6) is 0 Å². The van der Waals surface area contributed by atoms with Gasteiger partial charge in [0.1, 0.15) is 6.10 Å². The summed E-state index contributed by atoms with van der Waals surface area (Å²) in [5, 5.41) is 7.79. The molecule has 1 fully saturated rings. The summed E-state index contributed by atoms with van der Waals surface area (Å²) >= 11 is 0. The lowest BCUT2D eigenvalue weighted by Gasteiger charge is -2.25. The summed E-state index contributed by atoms with van der Waals surface area (Å²) in [6.07, 6.45) is 4.41. The maximum Gasteiger partial charge on any atom is 0.223 e. The van der Waals surface area contributed by atoms with Crippen LogP contribution in [0.25, 0.3) is 0 Å². The van der Waals surface area contributed by atoms with Crippen molar-refractivity contribution in [3.8, 4) is 0 Å². The van der Waals surface area contributed by atoms with E-state index in [1.165, 1.54) is 11.1 Å². The number of ether oxygens (including phenoxy) is 2. The lowest BCUT2D eigenvalue weighted by atomic mass is 9.99. The van der Waals surface area contributed by atoms with Crippen LogP contribution >= 0.6 is 0 Å². The molecule has 2 aromatic rings. The lowest BCUT2D eigenvalue weighted by Crippen LogP contribution is -2.37. The number of hydrogen-bond donors (Lipinski definition) is 1. The van der Waals surface area contributed by atoms with Gasteiger partial charge in [0.15, 0.2) is 0 Å². The van der Waals surface area contributed by atoms with E-state index in [0.29, 0.717) is 26.4 Å². The monoisotopic (exact) mass is 355 g/mol. The van der Waals surface area contributed by atoms with Gasteiger partial charge in [0.25, 0.3) is 0 Å². The smallest absolute Gasteiger partial charge is 0.223 e. The van der Waals surface area contributed by atoms with Crippen molar-refractivity contribution in [3.63, 3.8) is 0 Å². The molecule has 1 N–H and O–H groups in total. The second-order valence-corrected chi connectivity index (χ2v) is 6.96. The third-order valence-corrected chi connectivity index (χ3v) is 5.11. The molecule has 2 aliphatic heterocycles. The molecule has 4 rings (SSSR count). The summed E-state index contributed by atoms with van der Waals surface area (Å²) in [5.41, 5.74) is 3.40. The van der Waals surface area contributed by atoms with Gasteiger partial charge in [-0.3, -0.25) is 9.48 Å². The maximum atomic E-state index is 12.4. The Balaban J connectivity index is 1.39. The highest BCUT2D eigenvalue weighted by Gasteiger charge is 2.27. The van der Waals surface area contributed by atoms with Gasteiger partial charge in [0.2, 0.25) is 5.91 Å². The molecule has 1 amide bonds. The fourth-order valence-corrected chi connectivity index (χ4v) is 3.64. The molecule has 0 unspecified atom stereocenters. The van der Waals surface area contributed by atoms with Crippen molar-refractivity contribution in [1.29, 1.82) is 0 Å². The fraction of sp³-hybridized carbons (Fsp3) is 0.500. The van der Waals surface area contributed by atoms with Crippen LogP contribution in [0.15, 0.2) is 36.5 Å². The highest BCUT2D eigenvalue weighted by Crippen LogP contribution is 2.26. The Morgan fingerprint density at radius 1 is 1.19 bits per heavy atom. The molecule has 6 nitrogen and oxygen atoms in total. The van der Waals surface area contributed by atoms with Gasteiger partial charge in [0, 0.05) is 31.9 Å². The molecular weight excluding hydrogens is 330 g/mol. The Morgan fingerprint density at radius 2 is 2.00 bits per heavy atom. The average molecular weight is 355 g/mol. The zero-order valence-electron chi connectivity index (χ0n) is 14.9. The predicted octanol–water partition coefficient (Wildman–Crippen LogP) is 2.09. The fourth-order valence-electron chi connectivity index (χ4n) is 3.64. The largest absolute Gasteiger partial charge is 0.381 e. The molecule has 0 bridgehead atoms. The number of hydrogen-bond acceptors (Lipinski definition) is 4. The molecule has 2 aliphatic rings. The molecule has 0 saturated carbocycles. The van der Waals surface area contributed by atoms with Crippen LogP contribution in [-0.2, 0) is 27.2 Å². The van der Waals surface area contributed by atoms with E-state index in [1.54, 1.807) is 0 Å². The van der Waals surface area contributed by atoms with Gasteiger partial charge in [-0.2, -0.15) is 5.10 Å². The van der Waals surface area contributed by atoms with Crippen LogP contribution < -0.4 is 5.32 Å². The number of amides is 1. The molecule has 6 heteroatoms. The van der Waals surface area contributed by atoms with Gasteiger partial charge in [0.05, 0.1) is 18.8 Å². The number of nitrogens with one attached hydrogen (secondary N) is 1. The van der Waals surface area contributed by atoms with Crippen LogP contribution in [0.2, 0.25) is 0 Å².